The van der Waals surface area contributed by atoms with Crippen LogP contribution in [0.4, 0.5) is 0 Å². The minimum absolute atomic E-state index is 0. The van der Waals surface area contributed by atoms with Crippen molar-refractivity contribution in [1.82, 2.24) is 0 Å². The normalized spacial score (nSPS) is 3.50. The third kappa shape index (κ3) is 8.82. The number of rotatable bonds is 0. The summed E-state index contributed by atoms with van der Waals surface area (Å²) in [5.74, 6) is 0. The van der Waals surface area contributed by atoms with Gasteiger partial charge in [-0.3, -0.25) is 0 Å². The average molecular weight is 210 g/mol. The van der Waals surface area contributed by atoms with Crippen molar-refractivity contribution in [2.45, 2.75) is 0 Å². The Labute approximate surface area is 58.9 Å². The first-order chi connectivity index (χ1) is 1.41. The van der Waals surface area contributed by atoms with Crippen molar-refractivity contribution < 1.29 is 44.9 Å². The zero-order valence-corrected chi connectivity index (χ0v) is 7.40. The summed E-state index contributed by atoms with van der Waals surface area (Å²) in [5.41, 5.74) is 0. The van der Waals surface area contributed by atoms with Crippen molar-refractivity contribution >= 4 is 14.7 Å². The molecule has 0 aromatic carbocycles. The smallest absolute Gasteiger partial charge is 0 e. The fourth-order valence-electron chi connectivity index (χ4n) is 0. The second kappa shape index (κ2) is 9.07. The van der Waals surface area contributed by atoms with Crippen molar-refractivity contribution in [2.24, 2.45) is 0 Å². The summed E-state index contributed by atoms with van der Waals surface area (Å²) in [5, 5.41) is 0. The summed E-state index contributed by atoms with van der Waals surface area (Å²) in [6.07, 6.45) is 0. The van der Waals surface area contributed by atoms with E-state index in [9.17, 15) is 0 Å². The van der Waals surface area contributed by atoms with Crippen LogP contribution in [0, 0.1) is 0 Å². The standard InChI is InChI=1S/Ni.2P.Y. The monoisotopic (exact) mass is 209 g/mol. The molecule has 0 amide bonds. The Morgan fingerprint density at radius 2 is 1.25 bits per heavy atom. The molecule has 1 radical (unpaired) electrons. The molecule has 0 N–H and O–H groups in total. The van der Waals surface area contributed by atoms with Crippen LogP contribution in [0.2, 0.25) is 0 Å². The molecule has 0 aliphatic rings. The maximum Gasteiger partial charge on any atom is 0 e. The van der Waals surface area contributed by atoms with Crippen LogP contribution >= 0.6 is 14.7 Å². The van der Waals surface area contributed by atoms with Crippen molar-refractivity contribution in [3.8, 4) is 0 Å². The zero-order valence-electron chi connectivity index (χ0n) is 1.79. The second-order valence-electron chi connectivity index (χ2n) is 0.0632. The molecular weight excluding hydrogens is 210 g/mol. The zero-order chi connectivity index (χ0) is 2.71. The summed E-state index contributed by atoms with van der Waals surface area (Å²) in [7, 11) is 7.18. The maximum atomic E-state index is 3.59. The van der Waals surface area contributed by atoms with Crippen LogP contribution in [-0.4, -0.2) is 0 Å². The molecule has 23 valence electrons. The predicted octanol–water partition coefficient (Wildman–Crippen LogP) is 1.72. The van der Waals surface area contributed by atoms with E-state index >= 15 is 0 Å². The largest absolute Gasteiger partial charge is 0 e. The van der Waals surface area contributed by atoms with E-state index in [1.807, 2.05) is 0 Å². The van der Waals surface area contributed by atoms with Gasteiger partial charge in [-0.1, -0.05) is 0 Å². The third-order valence-electron chi connectivity index (χ3n) is 0. The van der Waals surface area contributed by atoms with Crippen molar-refractivity contribution in [3.05, 3.63) is 0 Å². The Kier molecular flexibility index (Phi) is 22.0. The van der Waals surface area contributed by atoms with Gasteiger partial charge in [-0.05, 0) is 0 Å². The van der Waals surface area contributed by atoms with E-state index in [0.29, 0.717) is 0 Å². The van der Waals surface area contributed by atoms with Gasteiger partial charge in [-0.25, -0.2) is 0 Å². The van der Waals surface area contributed by atoms with E-state index in [4.69, 9.17) is 0 Å². The van der Waals surface area contributed by atoms with E-state index in [1.54, 1.807) is 0 Å². The fourth-order valence-corrected chi connectivity index (χ4v) is 0. The van der Waals surface area contributed by atoms with Gasteiger partial charge in [0.2, 0.25) is 0 Å². The maximum absolute atomic E-state index is 3.59. The topological polar surface area (TPSA) is 0 Å². The van der Waals surface area contributed by atoms with Crippen molar-refractivity contribution in [3.63, 3.8) is 0 Å². The van der Waals surface area contributed by atoms with E-state index in [-0.39, 0.29) is 32.7 Å². The van der Waals surface area contributed by atoms with Crippen LogP contribution in [0.1, 0.15) is 0 Å². The van der Waals surface area contributed by atoms with Crippen LogP contribution < -0.4 is 0 Å². The van der Waals surface area contributed by atoms with Gasteiger partial charge in [-0.2, -0.15) is 0 Å². The molecule has 4 heavy (non-hydrogen) atoms. The van der Waals surface area contributed by atoms with Crippen molar-refractivity contribution in [2.75, 3.05) is 0 Å². The Bertz CT molecular complexity index is 79.2. The first-order valence-electron chi connectivity index (χ1n) is 0.283. The first kappa shape index (κ1) is 9.68. The molecule has 0 heterocycles. The molecule has 0 spiro atoms. The van der Waals surface area contributed by atoms with Gasteiger partial charge in [-0.15, -0.1) is 0 Å². The molecule has 0 aromatic rings. The Morgan fingerprint density at radius 1 is 1.25 bits per heavy atom. The van der Waals surface area contributed by atoms with Gasteiger partial charge in [0.15, 0.2) is 0 Å². The van der Waals surface area contributed by atoms with Crippen LogP contribution in [0.5, 0.6) is 0 Å². The minimum atomic E-state index is 0. The molecule has 0 nitrogen and oxygen atoms in total. The van der Waals surface area contributed by atoms with Crippen LogP contribution in [0.15, 0.2) is 0 Å². The Hall–Kier alpha value is 2.46. The summed E-state index contributed by atoms with van der Waals surface area (Å²) in [6.45, 7) is 0. The average Bonchev–Trinajstić information content (AvgIpc) is 0.918. The van der Waals surface area contributed by atoms with Gasteiger partial charge in [0, 0.05) is 32.7 Å². The molecule has 0 aliphatic carbocycles. The van der Waals surface area contributed by atoms with E-state index in [0.717, 1.165) is 12.2 Å². The molecule has 0 aromatic heterocycles. The first-order valence-corrected chi connectivity index (χ1v) is 3.50. The molecule has 0 atom stereocenters. The van der Waals surface area contributed by atoms with Gasteiger partial charge in [0.25, 0.3) is 0 Å². The summed E-state index contributed by atoms with van der Waals surface area (Å²) < 4.78 is 0. The third-order valence-corrected chi connectivity index (χ3v) is 0. The van der Waals surface area contributed by atoms with E-state index < -0.39 is 0 Å². The second-order valence-corrected chi connectivity index (χ2v) is 2.35. The van der Waals surface area contributed by atoms with E-state index in [2.05, 4.69) is 14.7 Å². The molecule has 0 rings (SSSR count). The quantitative estimate of drug-likeness (QED) is 0.421. The van der Waals surface area contributed by atoms with Crippen LogP contribution in [0.25, 0.3) is 0 Å². The van der Waals surface area contributed by atoms with Crippen LogP contribution in [-0.2, 0) is 44.9 Å². The molecular formula is NiP2Y. The molecule has 0 bridgehead atoms. The number of hydrogen-bond acceptors (Lipinski definition) is 0. The summed E-state index contributed by atoms with van der Waals surface area (Å²) >= 11 is 1.01. The van der Waals surface area contributed by atoms with Gasteiger partial charge >= 0.3 is 26.9 Å². The van der Waals surface area contributed by atoms with Gasteiger partial charge in [0.05, 0.1) is 0 Å². The fraction of sp³-hybridized carbons (Fsp3) is 0. The van der Waals surface area contributed by atoms with Gasteiger partial charge in [0.1, 0.15) is 0 Å². The molecule has 4 heteroatoms. The molecule has 0 saturated carbocycles. The molecule has 0 fully saturated rings. The van der Waals surface area contributed by atoms with Crippen molar-refractivity contribution in [1.29, 1.82) is 0 Å². The molecule has 0 saturated heterocycles. The molecule has 0 aliphatic heterocycles. The van der Waals surface area contributed by atoms with Gasteiger partial charge < -0.3 is 0 Å². The van der Waals surface area contributed by atoms with E-state index in [1.165, 1.54) is 0 Å². The minimum Gasteiger partial charge on any atom is 0 e. The molecule has 0 unspecified atom stereocenters. The van der Waals surface area contributed by atoms with Crippen LogP contribution in [0.3, 0.4) is 0 Å². The summed E-state index contributed by atoms with van der Waals surface area (Å²) in [6, 6.07) is 0. The Balaban J connectivity index is 0. The SMILES string of the molecule is [P]#[Ni]#[P].[Y]. The Morgan fingerprint density at radius 3 is 1.25 bits per heavy atom. The number of hydrogen-bond donors (Lipinski definition) is 0. The summed E-state index contributed by atoms with van der Waals surface area (Å²) in [4.78, 5) is 0. The predicted molar refractivity (Wildman–Crippen MR) is 13.8 cm³/mol.